The van der Waals surface area contributed by atoms with Gasteiger partial charge >= 0.3 is 0 Å². The zero-order valence-corrected chi connectivity index (χ0v) is 14.1. The Morgan fingerprint density at radius 3 is 2.80 bits per heavy atom. The number of anilines is 1. The van der Waals surface area contributed by atoms with E-state index >= 15 is 0 Å². The van der Waals surface area contributed by atoms with Crippen molar-refractivity contribution in [3.8, 4) is 0 Å². The van der Waals surface area contributed by atoms with Crippen molar-refractivity contribution in [1.29, 1.82) is 0 Å². The van der Waals surface area contributed by atoms with Gasteiger partial charge < -0.3 is 14.6 Å². The summed E-state index contributed by atoms with van der Waals surface area (Å²) in [5.74, 6) is 0.686. The second-order valence-corrected chi connectivity index (χ2v) is 5.67. The fourth-order valence-corrected chi connectivity index (χ4v) is 2.52. The van der Waals surface area contributed by atoms with Crippen LogP contribution in [0.5, 0.6) is 0 Å². The topological polar surface area (TPSA) is 71.3 Å². The first kappa shape index (κ1) is 16.7. The molecule has 0 saturated heterocycles. The zero-order valence-electron chi connectivity index (χ0n) is 14.1. The molecule has 0 aromatic carbocycles. The van der Waals surface area contributed by atoms with E-state index in [0.717, 1.165) is 30.0 Å². The minimum Gasteiger partial charge on any atom is -0.472 e. The second kappa shape index (κ2) is 8.10. The van der Waals surface area contributed by atoms with Gasteiger partial charge in [-0.05, 0) is 24.3 Å². The summed E-state index contributed by atoms with van der Waals surface area (Å²) < 4.78 is 4.94. The van der Waals surface area contributed by atoms with Gasteiger partial charge in [0.2, 0.25) is 0 Å². The summed E-state index contributed by atoms with van der Waals surface area (Å²) in [5, 5.41) is 2.89. The van der Waals surface area contributed by atoms with Crippen LogP contribution < -0.4 is 10.2 Å². The molecule has 0 spiro atoms. The number of amides is 1. The predicted octanol–water partition coefficient (Wildman–Crippen LogP) is 2.68. The maximum absolute atomic E-state index is 12.1. The molecule has 0 radical (unpaired) electrons. The van der Waals surface area contributed by atoms with E-state index in [1.807, 2.05) is 37.4 Å². The lowest BCUT2D eigenvalue weighted by atomic mass is 10.2. The van der Waals surface area contributed by atoms with Crippen molar-refractivity contribution in [3.63, 3.8) is 0 Å². The number of carbonyl (C=O) groups is 1. The highest BCUT2D eigenvalue weighted by Gasteiger charge is 2.11. The van der Waals surface area contributed by atoms with E-state index in [1.165, 1.54) is 12.5 Å². The van der Waals surface area contributed by atoms with Crippen molar-refractivity contribution in [2.45, 2.75) is 13.0 Å². The molecule has 1 N–H and O–H groups in total. The summed E-state index contributed by atoms with van der Waals surface area (Å²) in [7, 11) is 1.99. The molecule has 0 aliphatic heterocycles. The molecule has 6 nitrogen and oxygen atoms in total. The van der Waals surface area contributed by atoms with Crippen LogP contribution >= 0.6 is 0 Å². The highest BCUT2D eigenvalue weighted by atomic mass is 16.3. The van der Waals surface area contributed by atoms with Crippen LogP contribution in [0.15, 0.2) is 65.7 Å². The molecule has 25 heavy (non-hydrogen) atoms. The lowest BCUT2D eigenvalue weighted by Gasteiger charge is -2.21. The monoisotopic (exact) mass is 336 g/mol. The van der Waals surface area contributed by atoms with Gasteiger partial charge in [0.1, 0.15) is 12.1 Å². The number of aromatic nitrogens is 2. The Bertz CT molecular complexity index is 803. The van der Waals surface area contributed by atoms with Crippen LogP contribution in [-0.2, 0) is 13.0 Å². The molecular weight excluding hydrogens is 316 g/mol. The number of carbonyl (C=O) groups excluding carboxylic acids is 1. The highest BCUT2D eigenvalue weighted by Crippen LogP contribution is 2.16. The van der Waals surface area contributed by atoms with E-state index in [4.69, 9.17) is 4.42 Å². The number of nitrogens with one attached hydrogen (secondary N) is 1. The quantitative estimate of drug-likeness (QED) is 0.718. The Morgan fingerprint density at radius 2 is 2.04 bits per heavy atom. The minimum atomic E-state index is -0.167. The zero-order chi connectivity index (χ0) is 17.5. The summed E-state index contributed by atoms with van der Waals surface area (Å²) in [5.41, 5.74) is 2.51. The Hall–Kier alpha value is -3.15. The third kappa shape index (κ3) is 4.44. The predicted molar refractivity (Wildman–Crippen MR) is 95.3 cm³/mol. The van der Waals surface area contributed by atoms with E-state index in [9.17, 15) is 4.79 Å². The van der Waals surface area contributed by atoms with Crippen LogP contribution in [0.25, 0.3) is 0 Å². The van der Waals surface area contributed by atoms with E-state index in [2.05, 4.69) is 20.2 Å². The molecule has 3 heterocycles. The third-order valence-electron chi connectivity index (χ3n) is 3.88. The van der Waals surface area contributed by atoms with E-state index in [1.54, 1.807) is 18.5 Å². The number of likely N-dealkylation sites (N-methyl/N-ethyl adjacent to an activating group) is 1. The van der Waals surface area contributed by atoms with Gasteiger partial charge in [0, 0.05) is 50.2 Å². The maximum atomic E-state index is 12.1. The SMILES string of the molecule is CN(CCc1ccccn1)c1ncccc1CNC(=O)c1ccoc1. The molecular formula is C19H20N4O2. The second-order valence-electron chi connectivity index (χ2n) is 5.67. The molecule has 128 valence electrons. The number of rotatable bonds is 7. The summed E-state index contributed by atoms with van der Waals surface area (Å²) in [6.45, 7) is 1.19. The Balaban J connectivity index is 1.62. The van der Waals surface area contributed by atoms with E-state index in [-0.39, 0.29) is 5.91 Å². The van der Waals surface area contributed by atoms with Crippen LogP contribution in [0.1, 0.15) is 21.6 Å². The molecule has 0 fully saturated rings. The van der Waals surface area contributed by atoms with Crippen LogP contribution in [-0.4, -0.2) is 29.5 Å². The van der Waals surface area contributed by atoms with Crippen molar-refractivity contribution >= 4 is 11.7 Å². The summed E-state index contributed by atoms with van der Waals surface area (Å²) in [6.07, 6.45) is 7.30. The van der Waals surface area contributed by atoms with Gasteiger partial charge in [-0.2, -0.15) is 0 Å². The molecule has 0 aliphatic rings. The Kier molecular flexibility index (Phi) is 5.41. The van der Waals surface area contributed by atoms with Crippen molar-refractivity contribution in [3.05, 3.63) is 78.1 Å². The Labute approximate surface area is 146 Å². The molecule has 1 amide bonds. The summed E-state index contributed by atoms with van der Waals surface area (Å²) in [4.78, 5) is 22.9. The lowest BCUT2D eigenvalue weighted by Crippen LogP contribution is -2.26. The standard InChI is InChI=1S/C19H20N4O2/c1-23(11-7-17-6-2-3-9-20-17)18-15(5-4-10-21-18)13-22-19(24)16-8-12-25-14-16/h2-6,8-10,12,14H,7,11,13H2,1H3,(H,22,24). The average Bonchev–Trinajstić information content (AvgIpc) is 3.20. The first-order valence-electron chi connectivity index (χ1n) is 8.09. The first-order chi connectivity index (χ1) is 12.2. The van der Waals surface area contributed by atoms with Crippen molar-refractivity contribution in [2.75, 3.05) is 18.5 Å². The minimum absolute atomic E-state index is 0.167. The average molecular weight is 336 g/mol. The fraction of sp³-hybridized carbons (Fsp3) is 0.211. The van der Waals surface area contributed by atoms with Gasteiger partial charge in [0.25, 0.3) is 5.91 Å². The van der Waals surface area contributed by atoms with Gasteiger partial charge in [-0.3, -0.25) is 9.78 Å². The van der Waals surface area contributed by atoms with Crippen molar-refractivity contribution in [2.24, 2.45) is 0 Å². The summed E-state index contributed by atoms with van der Waals surface area (Å²) >= 11 is 0. The normalized spacial score (nSPS) is 10.4. The van der Waals surface area contributed by atoms with E-state index < -0.39 is 0 Å². The van der Waals surface area contributed by atoms with Crippen LogP contribution in [0, 0.1) is 0 Å². The van der Waals surface area contributed by atoms with Crippen molar-refractivity contribution < 1.29 is 9.21 Å². The van der Waals surface area contributed by atoms with E-state index in [0.29, 0.717) is 12.1 Å². The molecule has 3 aromatic heterocycles. The first-order valence-corrected chi connectivity index (χ1v) is 8.09. The largest absolute Gasteiger partial charge is 0.472 e. The van der Waals surface area contributed by atoms with Gasteiger partial charge in [-0.1, -0.05) is 12.1 Å². The molecule has 0 atom stereocenters. The van der Waals surface area contributed by atoms with Crippen LogP contribution in [0.4, 0.5) is 5.82 Å². The summed E-state index contributed by atoms with van der Waals surface area (Å²) in [6, 6.07) is 11.4. The number of hydrogen-bond donors (Lipinski definition) is 1. The van der Waals surface area contributed by atoms with Crippen molar-refractivity contribution in [1.82, 2.24) is 15.3 Å². The molecule has 3 rings (SSSR count). The molecule has 0 unspecified atom stereocenters. The number of pyridine rings is 2. The third-order valence-corrected chi connectivity index (χ3v) is 3.88. The number of hydrogen-bond acceptors (Lipinski definition) is 5. The number of furan rings is 1. The fourth-order valence-electron chi connectivity index (χ4n) is 2.52. The molecule has 6 heteroatoms. The highest BCUT2D eigenvalue weighted by molar-refractivity contribution is 5.93. The van der Waals surface area contributed by atoms with Crippen LogP contribution in [0.2, 0.25) is 0 Å². The van der Waals surface area contributed by atoms with Crippen LogP contribution in [0.3, 0.4) is 0 Å². The van der Waals surface area contributed by atoms with Gasteiger partial charge in [0.15, 0.2) is 0 Å². The van der Waals surface area contributed by atoms with Gasteiger partial charge in [0.05, 0.1) is 11.8 Å². The molecule has 0 aliphatic carbocycles. The molecule has 0 saturated carbocycles. The van der Waals surface area contributed by atoms with Gasteiger partial charge in [-0.25, -0.2) is 4.98 Å². The smallest absolute Gasteiger partial charge is 0.254 e. The number of nitrogens with zero attached hydrogens (tertiary/aromatic N) is 3. The van der Waals surface area contributed by atoms with Gasteiger partial charge in [-0.15, -0.1) is 0 Å². The molecule has 0 bridgehead atoms. The Morgan fingerprint density at radius 1 is 1.16 bits per heavy atom. The molecule has 3 aromatic rings. The maximum Gasteiger partial charge on any atom is 0.254 e. The lowest BCUT2D eigenvalue weighted by molar-refractivity contribution is 0.0950.